The van der Waals surface area contributed by atoms with Crippen LogP contribution in [0.5, 0.6) is 5.75 Å². The summed E-state index contributed by atoms with van der Waals surface area (Å²) in [5.41, 5.74) is 3.57. The monoisotopic (exact) mass is 510 g/mol. The lowest BCUT2D eigenvalue weighted by Gasteiger charge is -2.18. The molecule has 4 rings (SSSR count). The fraction of sp³-hybridized carbons (Fsp3) is 0.259. The summed E-state index contributed by atoms with van der Waals surface area (Å²) >= 11 is 6.45. The standard InChI is InChI=1S/C27H25ClF2N4O2/c1-14(2)26-32-12-15(3)24(33-26)22-11-20(8-9-31-22)34-17(5)16(4)25(23(28)27(34)35)36-13-18-6-7-19(29)10-21(18)30/h6-12,14H,13H2,1-5H3. The maximum absolute atomic E-state index is 14.0. The molecule has 0 saturated carbocycles. The van der Waals surface area contributed by atoms with Gasteiger partial charge in [0.2, 0.25) is 0 Å². The lowest BCUT2D eigenvalue weighted by Crippen LogP contribution is -2.23. The van der Waals surface area contributed by atoms with Crippen LogP contribution in [0.25, 0.3) is 17.1 Å². The Morgan fingerprint density at radius 2 is 1.83 bits per heavy atom. The minimum Gasteiger partial charge on any atom is -0.487 e. The first-order valence-electron chi connectivity index (χ1n) is 11.4. The number of pyridine rings is 2. The number of benzene rings is 1. The van der Waals surface area contributed by atoms with Gasteiger partial charge in [-0.15, -0.1) is 0 Å². The van der Waals surface area contributed by atoms with E-state index >= 15 is 0 Å². The van der Waals surface area contributed by atoms with E-state index in [1.807, 2.05) is 20.8 Å². The van der Waals surface area contributed by atoms with E-state index in [0.29, 0.717) is 34.2 Å². The van der Waals surface area contributed by atoms with Gasteiger partial charge in [-0.05, 0) is 50.6 Å². The molecule has 0 aliphatic rings. The van der Waals surface area contributed by atoms with Crippen LogP contribution in [-0.2, 0) is 6.61 Å². The molecule has 0 bridgehead atoms. The van der Waals surface area contributed by atoms with E-state index in [4.69, 9.17) is 16.3 Å². The number of hydrogen-bond donors (Lipinski definition) is 0. The summed E-state index contributed by atoms with van der Waals surface area (Å²) in [6.07, 6.45) is 3.37. The Bertz CT molecular complexity index is 1520. The molecule has 0 spiro atoms. The quantitative estimate of drug-likeness (QED) is 0.307. The summed E-state index contributed by atoms with van der Waals surface area (Å²) in [7, 11) is 0. The summed E-state index contributed by atoms with van der Waals surface area (Å²) < 4.78 is 34.5. The van der Waals surface area contributed by atoms with Crippen molar-refractivity contribution in [1.82, 2.24) is 19.5 Å². The van der Waals surface area contributed by atoms with Gasteiger partial charge in [0, 0.05) is 41.2 Å². The van der Waals surface area contributed by atoms with Crippen LogP contribution in [0.15, 0.2) is 47.5 Å². The Kier molecular flexibility index (Phi) is 7.17. The Labute approximate surface area is 212 Å². The van der Waals surface area contributed by atoms with E-state index < -0.39 is 17.2 Å². The van der Waals surface area contributed by atoms with Gasteiger partial charge < -0.3 is 4.74 Å². The van der Waals surface area contributed by atoms with Crippen molar-refractivity contribution >= 4 is 11.6 Å². The Morgan fingerprint density at radius 1 is 1.08 bits per heavy atom. The SMILES string of the molecule is Cc1cnc(C(C)C)nc1-c1cc(-n2c(C)c(C)c(OCc3ccc(F)cc3F)c(Cl)c2=O)ccn1. The molecule has 0 aliphatic heterocycles. The second-order valence-corrected chi connectivity index (χ2v) is 9.21. The van der Waals surface area contributed by atoms with Gasteiger partial charge in [0.15, 0.2) is 0 Å². The Morgan fingerprint density at radius 3 is 2.53 bits per heavy atom. The zero-order valence-electron chi connectivity index (χ0n) is 20.6. The molecular formula is C27H25ClF2N4O2. The van der Waals surface area contributed by atoms with E-state index in [1.54, 1.807) is 38.4 Å². The molecule has 0 N–H and O–H groups in total. The third-order valence-electron chi connectivity index (χ3n) is 5.95. The van der Waals surface area contributed by atoms with Crippen LogP contribution in [0.4, 0.5) is 8.78 Å². The number of ether oxygens (including phenoxy) is 1. The first-order chi connectivity index (χ1) is 17.1. The summed E-state index contributed by atoms with van der Waals surface area (Å²) in [5.74, 6) is -0.414. The molecule has 6 nitrogen and oxygen atoms in total. The molecule has 0 aliphatic carbocycles. The van der Waals surface area contributed by atoms with Crippen molar-refractivity contribution in [1.29, 1.82) is 0 Å². The number of rotatable bonds is 6. The number of hydrogen-bond acceptors (Lipinski definition) is 5. The second-order valence-electron chi connectivity index (χ2n) is 8.83. The van der Waals surface area contributed by atoms with Gasteiger partial charge in [0.05, 0.1) is 17.1 Å². The lowest BCUT2D eigenvalue weighted by atomic mass is 10.1. The maximum Gasteiger partial charge on any atom is 0.277 e. The van der Waals surface area contributed by atoms with E-state index in [9.17, 15) is 13.6 Å². The first-order valence-corrected chi connectivity index (χ1v) is 11.7. The van der Waals surface area contributed by atoms with Gasteiger partial charge in [0.25, 0.3) is 5.56 Å². The Hall–Kier alpha value is -3.65. The van der Waals surface area contributed by atoms with Crippen molar-refractivity contribution in [3.8, 4) is 22.8 Å². The van der Waals surface area contributed by atoms with E-state index in [2.05, 4.69) is 15.0 Å². The van der Waals surface area contributed by atoms with Gasteiger partial charge in [-0.2, -0.15) is 0 Å². The molecule has 9 heteroatoms. The molecule has 36 heavy (non-hydrogen) atoms. The molecule has 0 amide bonds. The fourth-order valence-corrected chi connectivity index (χ4v) is 4.08. The highest BCUT2D eigenvalue weighted by atomic mass is 35.5. The minimum atomic E-state index is -0.737. The molecule has 0 unspecified atom stereocenters. The van der Waals surface area contributed by atoms with Crippen molar-refractivity contribution < 1.29 is 13.5 Å². The fourth-order valence-electron chi connectivity index (χ4n) is 3.80. The average Bonchev–Trinajstić information content (AvgIpc) is 2.84. The summed E-state index contributed by atoms with van der Waals surface area (Å²) in [6.45, 7) is 9.26. The van der Waals surface area contributed by atoms with E-state index in [0.717, 1.165) is 17.7 Å². The van der Waals surface area contributed by atoms with Gasteiger partial charge in [-0.3, -0.25) is 14.3 Å². The molecule has 4 aromatic rings. The highest BCUT2D eigenvalue weighted by Crippen LogP contribution is 2.31. The predicted octanol–water partition coefficient (Wildman–Crippen LogP) is 6.25. The zero-order chi connectivity index (χ0) is 26.1. The summed E-state index contributed by atoms with van der Waals surface area (Å²) in [5, 5.41) is -0.140. The maximum atomic E-state index is 14.0. The smallest absolute Gasteiger partial charge is 0.277 e. The van der Waals surface area contributed by atoms with Gasteiger partial charge >= 0.3 is 0 Å². The molecular weight excluding hydrogens is 486 g/mol. The molecule has 0 radical (unpaired) electrons. The van der Waals surface area contributed by atoms with Crippen LogP contribution in [0.2, 0.25) is 5.02 Å². The lowest BCUT2D eigenvalue weighted by molar-refractivity contribution is 0.296. The first kappa shape index (κ1) is 25.4. The molecule has 0 saturated heterocycles. The molecule has 3 aromatic heterocycles. The highest BCUT2D eigenvalue weighted by Gasteiger charge is 2.20. The third kappa shape index (κ3) is 4.86. The molecule has 0 fully saturated rings. The van der Waals surface area contributed by atoms with Gasteiger partial charge in [-0.25, -0.2) is 18.7 Å². The van der Waals surface area contributed by atoms with E-state index in [1.165, 1.54) is 10.6 Å². The van der Waals surface area contributed by atoms with Crippen molar-refractivity contribution in [2.45, 2.75) is 47.1 Å². The van der Waals surface area contributed by atoms with Crippen LogP contribution in [0, 0.1) is 32.4 Å². The predicted molar refractivity (Wildman–Crippen MR) is 135 cm³/mol. The normalized spacial score (nSPS) is 11.2. The second kappa shape index (κ2) is 10.1. The molecule has 3 heterocycles. The Balaban J connectivity index is 1.75. The van der Waals surface area contributed by atoms with Crippen molar-refractivity contribution in [2.75, 3.05) is 0 Å². The van der Waals surface area contributed by atoms with E-state index in [-0.39, 0.29) is 28.9 Å². The van der Waals surface area contributed by atoms with Crippen molar-refractivity contribution in [3.63, 3.8) is 0 Å². The largest absolute Gasteiger partial charge is 0.487 e. The summed E-state index contributed by atoms with van der Waals surface area (Å²) in [4.78, 5) is 26.9. The van der Waals surface area contributed by atoms with Crippen molar-refractivity contribution in [2.24, 2.45) is 0 Å². The highest BCUT2D eigenvalue weighted by molar-refractivity contribution is 6.32. The number of aryl methyl sites for hydroxylation is 1. The number of halogens is 3. The molecule has 0 atom stereocenters. The zero-order valence-corrected chi connectivity index (χ0v) is 21.3. The minimum absolute atomic E-state index is 0.140. The topological polar surface area (TPSA) is 69.9 Å². The van der Waals surface area contributed by atoms with Crippen LogP contribution in [-0.4, -0.2) is 19.5 Å². The van der Waals surface area contributed by atoms with Crippen LogP contribution >= 0.6 is 11.6 Å². The molecule has 1 aromatic carbocycles. The van der Waals surface area contributed by atoms with Crippen molar-refractivity contribution in [3.05, 3.63) is 97.9 Å². The number of aromatic nitrogens is 4. The van der Waals surface area contributed by atoms with Crippen LogP contribution in [0.1, 0.15) is 48.0 Å². The van der Waals surface area contributed by atoms with Gasteiger partial charge in [-0.1, -0.05) is 25.4 Å². The average molecular weight is 511 g/mol. The molecule has 186 valence electrons. The third-order valence-corrected chi connectivity index (χ3v) is 6.28. The number of nitrogens with zero attached hydrogens (tertiary/aromatic N) is 4. The van der Waals surface area contributed by atoms with Crippen LogP contribution in [0.3, 0.4) is 0 Å². The summed E-state index contributed by atoms with van der Waals surface area (Å²) in [6, 6.07) is 6.70. The van der Waals surface area contributed by atoms with Crippen LogP contribution < -0.4 is 10.3 Å². The van der Waals surface area contributed by atoms with Gasteiger partial charge in [0.1, 0.15) is 34.8 Å².